The summed E-state index contributed by atoms with van der Waals surface area (Å²) in [4.78, 5) is 10.5. The molecule has 0 saturated heterocycles. The Hall–Kier alpha value is -0.380. The van der Waals surface area contributed by atoms with E-state index >= 15 is 0 Å². The van der Waals surface area contributed by atoms with Gasteiger partial charge in [0.25, 0.3) is 0 Å². The molecule has 4 unspecified atom stereocenters. The summed E-state index contributed by atoms with van der Waals surface area (Å²) in [6, 6.07) is 0. The first-order valence-electron chi connectivity index (χ1n) is 4.60. The van der Waals surface area contributed by atoms with Crippen molar-refractivity contribution in [3.8, 4) is 0 Å². The van der Waals surface area contributed by atoms with Gasteiger partial charge in [-0.2, -0.15) is 0 Å². The minimum Gasteiger partial charge on any atom is -0.303 e. The Balaban J connectivity index is 2.86. The predicted octanol–water partition coefficient (Wildman–Crippen LogP) is -0.252. The summed E-state index contributed by atoms with van der Waals surface area (Å²) >= 11 is -2.76. The molecule has 94 valence electrons. The highest BCUT2D eigenvalue weighted by Gasteiger charge is 2.41. The normalized spacial score (nSPS) is 33.2. The van der Waals surface area contributed by atoms with Gasteiger partial charge in [-0.15, -0.1) is 4.13 Å². The smallest absolute Gasteiger partial charge is 0.245 e. The van der Waals surface area contributed by atoms with Gasteiger partial charge < -0.3 is 4.79 Å². The van der Waals surface area contributed by atoms with Gasteiger partial charge in [-0.05, 0) is 12.8 Å². The summed E-state index contributed by atoms with van der Waals surface area (Å²) in [6.45, 7) is 0. The van der Waals surface area contributed by atoms with Gasteiger partial charge in [-0.25, -0.2) is 17.0 Å². The first-order chi connectivity index (χ1) is 7.38. The molecule has 0 aromatic heterocycles. The maximum absolute atomic E-state index is 13.6. The number of rotatable bonds is 4. The van der Waals surface area contributed by atoms with Crippen LogP contribution in [0.5, 0.6) is 0 Å². The van der Waals surface area contributed by atoms with E-state index in [0.717, 1.165) is 0 Å². The fourth-order valence-corrected chi connectivity index (χ4v) is 4.09. The minimum absolute atomic E-state index is 0.0397. The largest absolute Gasteiger partial charge is 0.303 e. The van der Waals surface area contributed by atoms with Crippen molar-refractivity contribution in [3.05, 3.63) is 0 Å². The fourth-order valence-electron chi connectivity index (χ4n) is 1.78. The van der Waals surface area contributed by atoms with E-state index in [1.54, 1.807) is 0 Å². The lowest BCUT2D eigenvalue weighted by molar-refractivity contribution is -0.113. The van der Waals surface area contributed by atoms with Crippen molar-refractivity contribution < 1.29 is 26.4 Å². The highest BCUT2D eigenvalue weighted by atomic mass is 32.3. The molecule has 1 aliphatic rings. The molecule has 1 rings (SSSR count). The molecule has 1 fully saturated rings. The number of sulfonamides is 1. The zero-order valence-electron chi connectivity index (χ0n) is 8.21. The first kappa shape index (κ1) is 13.7. The van der Waals surface area contributed by atoms with Crippen LogP contribution in [0.15, 0.2) is 0 Å². The molecule has 6 nitrogen and oxygen atoms in total. The van der Waals surface area contributed by atoms with Crippen LogP contribution in [0.1, 0.15) is 19.3 Å². The Kier molecular flexibility index (Phi) is 4.53. The second kappa shape index (κ2) is 5.30. The van der Waals surface area contributed by atoms with E-state index in [-0.39, 0.29) is 6.42 Å². The van der Waals surface area contributed by atoms with Crippen LogP contribution in [0.2, 0.25) is 0 Å². The van der Waals surface area contributed by atoms with Crippen LogP contribution >= 0.6 is 0 Å². The van der Waals surface area contributed by atoms with E-state index in [4.69, 9.17) is 4.55 Å². The molecule has 1 saturated carbocycles. The average Bonchev–Trinajstić information content (AvgIpc) is 2.15. The molecule has 1 aliphatic carbocycles. The summed E-state index contributed by atoms with van der Waals surface area (Å²) < 4.78 is 56.7. The van der Waals surface area contributed by atoms with Crippen molar-refractivity contribution >= 4 is 27.6 Å². The monoisotopic (exact) mass is 273 g/mol. The van der Waals surface area contributed by atoms with Gasteiger partial charge in [0.15, 0.2) is 0 Å². The van der Waals surface area contributed by atoms with Crippen molar-refractivity contribution in [2.75, 3.05) is 0 Å². The van der Waals surface area contributed by atoms with Gasteiger partial charge in [0.2, 0.25) is 21.3 Å². The van der Waals surface area contributed by atoms with Crippen molar-refractivity contribution in [1.82, 2.24) is 4.13 Å². The first-order valence-corrected chi connectivity index (χ1v) is 7.25. The summed E-state index contributed by atoms with van der Waals surface area (Å²) in [6.07, 6.45) is -0.695. The lowest BCUT2D eigenvalue weighted by Gasteiger charge is -2.29. The summed E-state index contributed by atoms with van der Waals surface area (Å²) in [5, 5.41) is -1.44. The molecule has 0 aromatic rings. The molecule has 16 heavy (non-hydrogen) atoms. The molecule has 0 aromatic carbocycles. The number of hydrogen-bond acceptors (Lipinski definition) is 4. The number of aldehydes is 1. The van der Waals surface area contributed by atoms with E-state index in [1.807, 2.05) is 0 Å². The summed E-state index contributed by atoms with van der Waals surface area (Å²) in [5.74, 6) is -0.956. The van der Waals surface area contributed by atoms with Crippen LogP contribution < -0.4 is 4.13 Å². The van der Waals surface area contributed by atoms with E-state index in [2.05, 4.69) is 0 Å². The Labute approximate surface area is 95.1 Å². The summed E-state index contributed by atoms with van der Waals surface area (Å²) in [5.41, 5.74) is 0. The fraction of sp³-hybridized carbons (Fsp3) is 0.857. The minimum atomic E-state index is -4.21. The number of hydrogen-bond donors (Lipinski definition) is 2. The lowest BCUT2D eigenvalue weighted by atomic mass is 9.88. The topological polar surface area (TPSA) is 101 Å². The number of alkyl halides is 1. The predicted molar refractivity (Wildman–Crippen MR) is 54.9 cm³/mol. The van der Waals surface area contributed by atoms with E-state index in [0.29, 0.717) is 19.1 Å². The molecule has 0 aliphatic heterocycles. The molecule has 0 amide bonds. The Morgan fingerprint density at radius 1 is 1.44 bits per heavy atom. The Morgan fingerprint density at radius 2 is 2.06 bits per heavy atom. The van der Waals surface area contributed by atoms with E-state index in [1.165, 1.54) is 4.13 Å². The number of nitrogens with one attached hydrogen (secondary N) is 1. The molecule has 2 N–H and O–H groups in total. The standard InChI is InChI=1S/C7H12FNO5S2/c8-7-5(4-10)2-1-3-6(7)16(13,14)9-15(11)12/h4-7,9H,1-3H2,(H,11,12). The summed E-state index contributed by atoms with van der Waals surface area (Å²) in [7, 11) is -4.21. The molecule has 9 heteroatoms. The number of carbonyl (C=O) groups excluding carboxylic acids is 1. The third-order valence-corrected chi connectivity index (χ3v) is 5.34. The number of carbonyl (C=O) groups is 1. The average molecular weight is 273 g/mol. The van der Waals surface area contributed by atoms with Gasteiger partial charge >= 0.3 is 0 Å². The third-order valence-electron chi connectivity index (χ3n) is 2.55. The van der Waals surface area contributed by atoms with Crippen LogP contribution in [0.3, 0.4) is 0 Å². The Bertz CT molecular complexity index is 384. The number of halogens is 1. The van der Waals surface area contributed by atoms with Crippen molar-refractivity contribution in [1.29, 1.82) is 0 Å². The lowest BCUT2D eigenvalue weighted by Crippen LogP contribution is -2.46. The molecule has 0 radical (unpaired) electrons. The maximum atomic E-state index is 13.6. The third kappa shape index (κ3) is 3.06. The van der Waals surface area contributed by atoms with Crippen molar-refractivity contribution in [2.45, 2.75) is 30.7 Å². The van der Waals surface area contributed by atoms with Gasteiger partial charge in [-0.3, -0.25) is 4.55 Å². The van der Waals surface area contributed by atoms with Crippen LogP contribution in [-0.2, 0) is 26.1 Å². The highest BCUT2D eigenvalue weighted by Crippen LogP contribution is 2.30. The zero-order chi connectivity index (χ0) is 12.3. The Morgan fingerprint density at radius 3 is 2.56 bits per heavy atom. The van der Waals surface area contributed by atoms with Crippen LogP contribution in [0, 0.1) is 5.92 Å². The van der Waals surface area contributed by atoms with Crippen LogP contribution in [0.25, 0.3) is 0 Å². The van der Waals surface area contributed by atoms with Gasteiger partial charge in [0.05, 0.1) is 0 Å². The quantitative estimate of drug-likeness (QED) is 0.543. The molecule has 4 atom stereocenters. The second-order valence-electron chi connectivity index (χ2n) is 3.59. The highest BCUT2D eigenvalue weighted by molar-refractivity contribution is 8.00. The molecule has 0 heterocycles. The second-order valence-corrected chi connectivity index (χ2v) is 6.45. The van der Waals surface area contributed by atoms with Crippen molar-refractivity contribution in [3.63, 3.8) is 0 Å². The maximum Gasteiger partial charge on any atom is 0.245 e. The molecule has 0 bridgehead atoms. The van der Waals surface area contributed by atoms with Crippen molar-refractivity contribution in [2.24, 2.45) is 5.92 Å². The van der Waals surface area contributed by atoms with Crippen LogP contribution in [-0.4, -0.2) is 34.9 Å². The van der Waals surface area contributed by atoms with Crippen LogP contribution in [0.4, 0.5) is 4.39 Å². The molecule has 0 spiro atoms. The van der Waals surface area contributed by atoms with E-state index < -0.39 is 38.6 Å². The van der Waals surface area contributed by atoms with Gasteiger partial charge in [0, 0.05) is 5.92 Å². The zero-order valence-corrected chi connectivity index (χ0v) is 9.84. The van der Waals surface area contributed by atoms with E-state index in [9.17, 15) is 21.8 Å². The molecular weight excluding hydrogens is 261 g/mol. The van der Waals surface area contributed by atoms with Gasteiger partial charge in [-0.1, -0.05) is 6.42 Å². The molecular formula is C7H12FNO5S2. The van der Waals surface area contributed by atoms with Gasteiger partial charge in [0.1, 0.15) is 17.7 Å². The SMILES string of the molecule is O=CC1CCCC(S(=O)(=O)NS(=O)O)C1F.